The van der Waals surface area contributed by atoms with Gasteiger partial charge in [-0.15, -0.1) is 0 Å². The van der Waals surface area contributed by atoms with Crippen molar-refractivity contribution in [1.29, 1.82) is 0 Å². The van der Waals surface area contributed by atoms with E-state index < -0.39 is 0 Å². The third kappa shape index (κ3) is 8.26. The van der Waals surface area contributed by atoms with Crippen LogP contribution in [0.1, 0.15) is 50.7 Å². The number of phenols is 2. The molecule has 0 radical (unpaired) electrons. The van der Waals surface area contributed by atoms with Crippen molar-refractivity contribution < 1.29 is 14.9 Å². The second-order valence-corrected chi connectivity index (χ2v) is 8.51. The van der Waals surface area contributed by atoms with Crippen LogP contribution in [0.5, 0.6) is 17.2 Å². The maximum Gasteiger partial charge on any atom is 0.119 e. The number of nitrogens with one attached hydrogen (secondary N) is 2. The molecule has 0 saturated heterocycles. The molecule has 1 atom stereocenters. The molecule has 5 heteroatoms. The fourth-order valence-electron chi connectivity index (χ4n) is 3.70. The first-order valence-corrected chi connectivity index (χ1v) is 11.9. The van der Waals surface area contributed by atoms with Gasteiger partial charge in [0.05, 0.1) is 6.61 Å². The summed E-state index contributed by atoms with van der Waals surface area (Å²) in [7, 11) is 0. The van der Waals surface area contributed by atoms with Crippen molar-refractivity contribution in [2.75, 3.05) is 17.2 Å². The normalized spacial score (nSPS) is 11.7. The van der Waals surface area contributed by atoms with Crippen molar-refractivity contribution in [3.8, 4) is 17.2 Å². The molecule has 0 aliphatic carbocycles. The molecule has 4 N–H and O–H groups in total. The number of hydrogen-bond acceptors (Lipinski definition) is 5. The van der Waals surface area contributed by atoms with Gasteiger partial charge in [0, 0.05) is 24.5 Å². The Morgan fingerprint density at radius 2 is 1.27 bits per heavy atom. The molecule has 0 amide bonds. The number of ether oxygens (including phenoxy) is 1. The van der Waals surface area contributed by atoms with Gasteiger partial charge in [-0.05, 0) is 84.1 Å². The van der Waals surface area contributed by atoms with Gasteiger partial charge in [0.1, 0.15) is 17.2 Å². The molecule has 1 unspecified atom stereocenters. The zero-order chi connectivity index (χ0) is 23.5. The second kappa shape index (κ2) is 12.6. The maximum absolute atomic E-state index is 9.50. The highest BCUT2D eigenvalue weighted by atomic mass is 16.5. The number of anilines is 2. The van der Waals surface area contributed by atoms with Crippen molar-refractivity contribution in [1.82, 2.24) is 0 Å². The van der Waals surface area contributed by atoms with E-state index in [1.807, 2.05) is 24.3 Å². The summed E-state index contributed by atoms with van der Waals surface area (Å²) in [6.07, 6.45) is 4.77. The third-order valence-corrected chi connectivity index (χ3v) is 5.78. The lowest BCUT2D eigenvalue weighted by atomic mass is 10.0. The molecule has 0 aromatic heterocycles. The van der Waals surface area contributed by atoms with Crippen molar-refractivity contribution in [3.63, 3.8) is 0 Å². The lowest BCUT2D eigenvalue weighted by Gasteiger charge is -2.17. The molecule has 0 saturated carbocycles. The van der Waals surface area contributed by atoms with E-state index in [9.17, 15) is 10.2 Å². The van der Waals surface area contributed by atoms with Gasteiger partial charge in [-0.25, -0.2) is 0 Å². The van der Waals surface area contributed by atoms with Crippen LogP contribution in [0.3, 0.4) is 0 Å². The van der Waals surface area contributed by atoms with E-state index in [-0.39, 0.29) is 11.5 Å². The first-order valence-electron chi connectivity index (χ1n) is 11.9. The van der Waals surface area contributed by atoms with Crippen LogP contribution < -0.4 is 15.4 Å². The summed E-state index contributed by atoms with van der Waals surface area (Å²) in [6.45, 7) is 6.50. The first-order chi connectivity index (χ1) is 16.1. The minimum atomic E-state index is 0.257. The summed E-state index contributed by atoms with van der Waals surface area (Å²) in [6, 6.07) is 20.5. The Morgan fingerprint density at radius 1 is 0.758 bits per heavy atom. The smallest absolute Gasteiger partial charge is 0.119 e. The summed E-state index contributed by atoms with van der Waals surface area (Å²) < 4.78 is 6.25. The summed E-state index contributed by atoms with van der Waals surface area (Å²) >= 11 is 0. The lowest BCUT2D eigenvalue weighted by Crippen LogP contribution is -2.12. The Kier molecular flexibility index (Phi) is 9.31. The van der Waals surface area contributed by atoms with Crippen molar-refractivity contribution in [2.24, 2.45) is 5.92 Å². The number of unbranched alkanes of at least 4 members (excludes halogenated alkanes) is 1. The predicted octanol–water partition coefficient (Wildman–Crippen LogP) is 6.92. The molecular formula is C28H36N2O3. The molecule has 0 fully saturated rings. The largest absolute Gasteiger partial charge is 0.508 e. The van der Waals surface area contributed by atoms with E-state index in [1.165, 1.54) is 19.3 Å². The van der Waals surface area contributed by atoms with Crippen LogP contribution in [0.2, 0.25) is 0 Å². The number of rotatable bonds is 13. The second-order valence-electron chi connectivity index (χ2n) is 8.51. The van der Waals surface area contributed by atoms with E-state index in [0.717, 1.165) is 41.3 Å². The summed E-state index contributed by atoms with van der Waals surface area (Å²) in [5, 5.41) is 25.8. The van der Waals surface area contributed by atoms with Crippen LogP contribution in [0.15, 0.2) is 66.7 Å². The van der Waals surface area contributed by atoms with Gasteiger partial charge in [0.15, 0.2) is 0 Å². The minimum Gasteiger partial charge on any atom is -0.508 e. The first kappa shape index (κ1) is 24.3. The summed E-state index contributed by atoms with van der Waals surface area (Å²) in [5.74, 6) is 1.97. The van der Waals surface area contributed by atoms with E-state index in [2.05, 4.69) is 42.7 Å². The summed E-state index contributed by atoms with van der Waals surface area (Å²) in [4.78, 5) is 0. The number of benzene rings is 3. The quantitative estimate of drug-likeness (QED) is 0.214. The number of aromatic hydroxyl groups is 2. The van der Waals surface area contributed by atoms with Gasteiger partial charge in [0.2, 0.25) is 0 Å². The highest BCUT2D eigenvalue weighted by molar-refractivity contribution is 5.49. The highest BCUT2D eigenvalue weighted by Gasteiger charge is 2.09. The molecule has 0 aliphatic rings. The fraction of sp³-hybridized carbons (Fsp3) is 0.357. The molecular weight excluding hydrogens is 412 g/mol. The SMILES string of the molecule is CCCCC(CC)COc1cc(CNc2ccc(O)cc2)cc(CNc2ccc(O)cc2)c1. The van der Waals surface area contributed by atoms with Crippen LogP contribution in [0.25, 0.3) is 0 Å². The van der Waals surface area contributed by atoms with E-state index in [0.29, 0.717) is 19.0 Å². The molecule has 0 heterocycles. The van der Waals surface area contributed by atoms with Crippen LogP contribution in [0, 0.1) is 5.92 Å². The van der Waals surface area contributed by atoms with Crippen molar-refractivity contribution in [3.05, 3.63) is 77.9 Å². The topological polar surface area (TPSA) is 73.8 Å². The molecule has 3 rings (SSSR count). The summed E-state index contributed by atoms with van der Waals surface area (Å²) in [5.41, 5.74) is 4.16. The molecule has 3 aromatic rings. The van der Waals surface area contributed by atoms with Crippen LogP contribution in [-0.4, -0.2) is 16.8 Å². The Balaban J connectivity index is 1.70. The zero-order valence-corrected chi connectivity index (χ0v) is 19.7. The number of hydrogen-bond donors (Lipinski definition) is 4. The predicted molar refractivity (Wildman–Crippen MR) is 136 cm³/mol. The molecule has 0 aliphatic heterocycles. The van der Waals surface area contributed by atoms with Gasteiger partial charge in [0.25, 0.3) is 0 Å². The highest BCUT2D eigenvalue weighted by Crippen LogP contribution is 2.23. The van der Waals surface area contributed by atoms with E-state index in [4.69, 9.17) is 4.74 Å². The van der Waals surface area contributed by atoms with Crippen molar-refractivity contribution in [2.45, 2.75) is 52.6 Å². The minimum absolute atomic E-state index is 0.257. The molecule has 0 bridgehead atoms. The van der Waals surface area contributed by atoms with Crippen LogP contribution >= 0.6 is 0 Å². The third-order valence-electron chi connectivity index (χ3n) is 5.78. The molecule has 3 aromatic carbocycles. The van der Waals surface area contributed by atoms with Crippen LogP contribution in [0.4, 0.5) is 11.4 Å². The molecule has 33 heavy (non-hydrogen) atoms. The number of phenolic OH excluding ortho intramolecular Hbond substituents is 2. The average molecular weight is 449 g/mol. The van der Waals surface area contributed by atoms with E-state index in [1.54, 1.807) is 24.3 Å². The standard InChI is InChI=1S/C28H36N2O3/c1-3-5-6-21(4-2)20-33-28-16-22(18-29-24-7-11-26(31)12-8-24)15-23(17-28)19-30-25-9-13-27(32)14-10-25/h7-17,21,29-32H,3-6,18-20H2,1-2H3. The Labute approximate surface area is 197 Å². The zero-order valence-electron chi connectivity index (χ0n) is 19.7. The van der Waals surface area contributed by atoms with Crippen molar-refractivity contribution >= 4 is 11.4 Å². The monoisotopic (exact) mass is 448 g/mol. The molecule has 5 nitrogen and oxygen atoms in total. The Morgan fingerprint density at radius 3 is 1.73 bits per heavy atom. The Bertz CT molecular complexity index is 904. The molecule has 176 valence electrons. The molecule has 0 spiro atoms. The van der Waals surface area contributed by atoms with Gasteiger partial charge < -0.3 is 25.6 Å². The maximum atomic E-state index is 9.50. The van der Waals surface area contributed by atoms with Crippen LogP contribution in [-0.2, 0) is 13.1 Å². The lowest BCUT2D eigenvalue weighted by molar-refractivity contribution is 0.233. The average Bonchev–Trinajstić information content (AvgIpc) is 2.83. The van der Waals surface area contributed by atoms with Gasteiger partial charge >= 0.3 is 0 Å². The van der Waals surface area contributed by atoms with Gasteiger partial charge in [-0.3, -0.25) is 0 Å². The van der Waals surface area contributed by atoms with E-state index >= 15 is 0 Å². The van der Waals surface area contributed by atoms with Gasteiger partial charge in [-0.2, -0.15) is 0 Å². The fourth-order valence-corrected chi connectivity index (χ4v) is 3.70. The van der Waals surface area contributed by atoms with Gasteiger partial charge in [-0.1, -0.05) is 39.2 Å². The Hall–Kier alpha value is -3.34.